The van der Waals surface area contributed by atoms with Crippen molar-refractivity contribution >= 4 is 0 Å². The van der Waals surface area contributed by atoms with Crippen LogP contribution in [0.1, 0.15) is 46.5 Å². The van der Waals surface area contributed by atoms with E-state index in [0.29, 0.717) is 19.2 Å². The summed E-state index contributed by atoms with van der Waals surface area (Å²) >= 11 is 0. The van der Waals surface area contributed by atoms with Crippen molar-refractivity contribution in [1.82, 2.24) is 5.32 Å². The first kappa shape index (κ1) is 13.3. The topological polar surface area (TPSA) is 41.5 Å². The van der Waals surface area contributed by atoms with E-state index in [-0.39, 0.29) is 6.10 Å². The Kier molecular flexibility index (Phi) is 4.11. The van der Waals surface area contributed by atoms with Crippen LogP contribution in [-0.4, -0.2) is 36.0 Å². The monoisotopic (exact) mass is 241 g/mol. The molecule has 2 aliphatic rings. The van der Waals surface area contributed by atoms with Gasteiger partial charge >= 0.3 is 0 Å². The Bertz CT molecular complexity index is 249. The van der Waals surface area contributed by atoms with Crippen LogP contribution in [0.25, 0.3) is 0 Å². The van der Waals surface area contributed by atoms with Crippen molar-refractivity contribution in [1.29, 1.82) is 0 Å². The summed E-state index contributed by atoms with van der Waals surface area (Å²) in [5.74, 6) is 1.62. The maximum Gasteiger partial charge on any atom is 0.105 e. The first-order valence-electron chi connectivity index (χ1n) is 7.07. The zero-order chi connectivity index (χ0) is 12.5. The van der Waals surface area contributed by atoms with E-state index in [0.717, 1.165) is 18.3 Å². The van der Waals surface area contributed by atoms with E-state index in [2.05, 4.69) is 19.2 Å². The van der Waals surface area contributed by atoms with E-state index < -0.39 is 5.60 Å². The molecule has 1 saturated heterocycles. The van der Waals surface area contributed by atoms with Gasteiger partial charge in [0, 0.05) is 25.6 Å². The van der Waals surface area contributed by atoms with E-state index in [4.69, 9.17) is 4.74 Å². The fourth-order valence-electron chi connectivity index (χ4n) is 3.44. The van der Waals surface area contributed by atoms with Gasteiger partial charge in [0.1, 0.15) is 5.60 Å². The van der Waals surface area contributed by atoms with Crippen molar-refractivity contribution in [3.63, 3.8) is 0 Å². The first-order valence-corrected chi connectivity index (χ1v) is 7.07. The molecular formula is C14H27NO2. The number of hydrogen-bond donors (Lipinski definition) is 2. The lowest BCUT2D eigenvalue weighted by molar-refractivity contribution is -0.0290. The van der Waals surface area contributed by atoms with E-state index in [1.807, 2.05) is 6.92 Å². The summed E-state index contributed by atoms with van der Waals surface area (Å²) in [4.78, 5) is 0. The highest BCUT2D eigenvalue weighted by molar-refractivity contribution is 4.93. The molecule has 3 heteroatoms. The number of hydrogen-bond acceptors (Lipinski definition) is 3. The Morgan fingerprint density at radius 1 is 1.18 bits per heavy atom. The van der Waals surface area contributed by atoms with Crippen molar-refractivity contribution in [3.8, 4) is 0 Å². The molecule has 0 aromatic carbocycles. The quantitative estimate of drug-likeness (QED) is 0.793. The first-order chi connectivity index (χ1) is 7.99. The number of rotatable bonds is 3. The summed E-state index contributed by atoms with van der Waals surface area (Å²) in [7, 11) is 0. The Morgan fingerprint density at radius 3 is 2.35 bits per heavy atom. The Morgan fingerprint density at radius 2 is 1.82 bits per heavy atom. The molecule has 0 spiro atoms. The fraction of sp³-hybridized carbons (Fsp3) is 1.00. The van der Waals surface area contributed by atoms with Crippen LogP contribution in [0.4, 0.5) is 0 Å². The van der Waals surface area contributed by atoms with Gasteiger partial charge in [-0.25, -0.2) is 0 Å². The van der Waals surface area contributed by atoms with Crippen LogP contribution in [0.5, 0.6) is 0 Å². The Labute approximate surface area is 105 Å². The highest BCUT2D eigenvalue weighted by Gasteiger charge is 2.39. The SMILES string of the molecule is CC1CC(C)CC(NCC2(O)CCOC2C)C1. The minimum Gasteiger partial charge on any atom is -0.386 e. The highest BCUT2D eigenvalue weighted by Crippen LogP contribution is 2.30. The molecule has 17 heavy (non-hydrogen) atoms. The van der Waals surface area contributed by atoms with Crippen LogP contribution in [0.15, 0.2) is 0 Å². The van der Waals surface area contributed by atoms with E-state index in [1.165, 1.54) is 19.3 Å². The number of nitrogens with one attached hydrogen (secondary N) is 1. The molecule has 4 unspecified atom stereocenters. The average molecular weight is 241 g/mol. The van der Waals surface area contributed by atoms with Gasteiger partial charge in [-0.2, -0.15) is 0 Å². The highest BCUT2D eigenvalue weighted by atomic mass is 16.5. The predicted molar refractivity (Wildman–Crippen MR) is 69.0 cm³/mol. The predicted octanol–water partition coefficient (Wildman–Crippen LogP) is 1.94. The van der Waals surface area contributed by atoms with E-state index in [9.17, 15) is 5.11 Å². The molecule has 100 valence electrons. The summed E-state index contributed by atoms with van der Waals surface area (Å²) < 4.78 is 5.46. The second-order valence-corrected chi connectivity index (χ2v) is 6.36. The van der Waals surface area contributed by atoms with Crippen molar-refractivity contribution < 1.29 is 9.84 Å². The van der Waals surface area contributed by atoms with Crippen molar-refractivity contribution in [2.45, 2.75) is 64.2 Å². The van der Waals surface area contributed by atoms with E-state index >= 15 is 0 Å². The molecule has 0 bridgehead atoms. The van der Waals surface area contributed by atoms with Gasteiger partial charge in [-0.3, -0.25) is 0 Å². The Balaban J connectivity index is 1.81. The van der Waals surface area contributed by atoms with Crippen molar-refractivity contribution in [2.75, 3.05) is 13.2 Å². The van der Waals surface area contributed by atoms with Crippen LogP contribution < -0.4 is 5.32 Å². The zero-order valence-electron chi connectivity index (χ0n) is 11.4. The molecule has 1 aliphatic heterocycles. The van der Waals surface area contributed by atoms with Gasteiger partial charge in [0.25, 0.3) is 0 Å². The van der Waals surface area contributed by atoms with E-state index in [1.54, 1.807) is 0 Å². The smallest absolute Gasteiger partial charge is 0.105 e. The molecular weight excluding hydrogens is 214 g/mol. The maximum absolute atomic E-state index is 10.4. The molecule has 1 heterocycles. The summed E-state index contributed by atoms with van der Waals surface area (Å²) in [6.45, 7) is 8.01. The molecule has 4 atom stereocenters. The second-order valence-electron chi connectivity index (χ2n) is 6.36. The van der Waals surface area contributed by atoms with Gasteiger partial charge in [-0.15, -0.1) is 0 Å². The molecule has 2 N–H and O–H groups in total. The molecule has 0 radical (unpaired) electrons. The number of aliphatic hydroxyl groups is 1. The summed E-state index contributed by atoms with van der Waals surface area (Å²) in [5.41, 5.74) is -0.649. The molecule has 2 fully saturated rings. The van der Waals surface area contributed by atoms with Gasteiger partial charge < -0.3 is 15.2 Å². The lowest BCUT2D eigenvalue weighted by atomic mass is 9.80. The molecule has 2 rings (SSSR count). The molecule has 0 aromatic heterocycles. The minimum absolute atomic E-state index is 0.0339. The Hall–Kier alpha value is -0.120. The lowest BCUT2D eigenvalue weighted by Crippen LogP contribution is -2.50. The van der Waals surface area contributed by atoms with Gasteiger partial charge in [0.05, 0.1) is 6.10 Å². The van der Waals surface area contributed by atoms with Gasteiger partial charge in [0.2, 0.25) is 0 Å². The molecule has 1 saturated carbocycles. The summed E-state index contributed by atoms with van der Waals surface area (Å²) in [5, 5.41) is 14.0. The minimum atomic E-state index is -0.649. The average Bonchev–Trinajstić information content (AvgIpc) is 2.56. The van der Waals surface area contributed by atoms with Crippen LogP contribution in [0, 0.1) is 11.8 Å². The fourth-order valence-corrected chi connectivity index (χ4v) is 3.44. The number of ether oxygens (including phenoxy) is 1. The third kappa shape index (κ3) is 3.21. The van der Waals surface area contributed by atoms with Gasteiger partial charge in [-0.1, -0.05) is 13.8 Å². The van der Waals surface area contributed by atoms with Crippen LogP contribution in [0.3, 0.4) is 0 Å². The molecule has 3 nitrogen and oxygen atoms in total. The largest absolute Gasteiger partial charge is 0.386 e. The third-order valence-corrected chi connectivity index (χ3v) is 4.53. The third-order valence-electron chi connectivity index (χ3n) is 4.53. The summed E-state index contributed by atoms with van der Waals surface area (Å²) in [6.07, 6.45) is 4.57. The van der Waals surface area contributed by atoms with Crippen molar-refractivity contribution in [3.05, 3.63) is 0 Å². The van der Waals surface area contributed by atoms with Gasteiger partial charge in [-0.05, 0) is 38.0 Å². The molecule has 0 aromatic rings. The van der Waals surface area contributed by atoms with Crippen molar-refractivity contribution in [2.24, 2.45) is 11.8 Å². The summed E-state index contributed by atoms with van der Waals surface area (Å²) in [6, 6.07) is 0.575. The normalized spacial score (nSPS) is 47.3. The van der Waals surface area contributed by atoms with Crippen LogP contribution >= 0.6 is 0 Å². The maximum atomic E-state index is 10.4. The standard InChI is InChI=1S/C14H27NO2/c1-10-6-11(2)8-13(7-10)15-9-14(16)4-5-17-12(14)3/h10-13,15-16H,4-9H2,1-3H3. The van der Waals surface area contributed by atoms with Crippen LogP contribution in [0.2, 0.25) is 0 Å². The lowest BCUT2D eigenvalue weighted by Gasteiger charge is -2.35. The van der Waals surface area contributed by atoms with Crippen LogP contribution in [-0.2, 0) is 4.74 Å². The second kappa shape index (κ2) is 5.25. The zero-order valence-corrected chi connectivity index (χ0v) is 11.4. The molecule has 0 amide bonds. The molecule has 1 aliphatic carbocycles. The van der Waals surface area contributed by atoms with Gasteiger partial charge in [0.15, 0.2) is 0 Å².